The second-order valence-electron chi connectivity index (χ2n) is 17.4. The quantitative estimate of drug-likeness (QED) is 0.127. The normalized spacial score (nSPS) is 21.1. The van der Waals surface area contributed by atoms with Crippen LogP contribution < -0.4 is 35.4 Å². The number of nitrogens with one attached hydrogen (secondary N) is 3. The SMILES string of the molecule is CCc1nc(Nc2ccc(-n3cnc(C)c3)c(OC)c2)nc2c1NC(=O)C1CC(C)(C3CC4C(=O)N(C)c5c(CC)nc(Nc6ccc(-c7ccnc(C)c7)cc6)nc5N4C3)CN21. The Morgan fingerprint density at radius 3 is 2.27 bits per heavy atom. The number of aromatic nitrogens is 7. The van der Waals surface area contributed by atoms with E-state index in [1.54, 1.807) is 18.3 Å². The molecule has 0 bridgehead atoms. The Kier molecular flexibility index (Phi) is 9.75. The first-order chi connectivity index (χ1) is 30.4. The van der Waals surface area contributed by atoms with E-state index in [9.17, 15) is 9.59 Å². The van der Waals surface area contributed by atoms with Crippen LogP contribution in [0.5, 0.6) is 5.75 Å². The third kappa shape index (κ3) is 6.93. The summed E-state index contributed by atoms with van der Waals surface area (Å²) in [6, 6.07) is 17.3. The molecule has 0 saturated carbocycles. The molecule has 63 heavy (non-hydrogen) atoms. The molecule has 0 aliphatic carbocycles. The molecule has 6 aromatic rings. The summed E-state index contributed by atoms with van der Waals surface area (Å²) in [5.41, 5.74) is 9.19. The summed E-state index contributed by atoms with van der Waals surface area (Å²) in [5.74, 6) is 3.11. The van der Waals surface area contributed by atoms with Gasteiger partial charge in [-0.1, -0.05) is 32.9 Å². The first kappa shape index (κ1) is 40.0. The van der Waals surface area contributed by atoms with Crippen LogP contribution in [0.2, 0.25) is 0 Å². The van der Waals surface area contributed by atoms with E-state index in [0.29, 0.717) is 67.9 Å². The monoisotopic (exact) mass is 845 g/mol. The Hall–Kier alpha value is -7.10. The van der Waals surface area contributed by atoms with Gasteiger partial charge in [0.2, 0.25) is 23.7 Å². The number of ether oxygens (including phenoxy) is 1. The lowest BCUT2D eigenvalue weighted by molar-refractivity contribution is -0.120. The molecule has 4 aliphatic heterocycles. The number of amides is 2. The van der Waals surface area contributed by atoms with Gasteiger partial charge >= 0.3 is 0 Å². The zero-order valence-electron chi connectivity index (χ0n) is 36.6. The number of methoxy groups -OCH3 is 1. The molecule has 2 amide bonds. The van der Waals surface area contributed by atoms with Crippen molar-refractivity contribution in [2.75, 3.05) is 57.9 Å². The van der Waals surface area contributed by atoms with Gasteiger partial charge in [-0.15, -0.1) is 0 Å². The summed E-state index contributed by atoms with van der Waals surface area (Å²) in [4.78, 5) is 62.9. The van der Waals surface area contributed by atoms with E-state index in [1.165, 1.54) is 0 Å². The highest BCUT2D eigenvalue weighted by Crippen LogP contribution is 2.53. The van der Waals surface area contributed by atoms with Gasteiger partial charge in [0.05, 0.1) is 36.2 Å². The van der Waals surface area contributed by atoms with Crippen molar-refractivity contribution in [3.05, 3.63) is 96.1 Å². The predicted molar refractivity (Wildman–Crippen MR) is 244 cm³/mol. The third-order valence-corrected chi connectivity index (χ3v) is 13.3. The molecule has 322 valence electrons. The summed E-state index contributed by atoms with van der Waals surface area (Å²) in [6.45, 7) is 11.5. The van der Waals surface area contributed by atoms with E-state index in [4.69, 9.17) is 24.7 Å². The van der Waals surface area contributed by atoms with Crippen LogP contribution in [0.1, 0.15) is 56.4 Å². The van der Waals surface area contributed by atoms with Gasteiger partial charge in [-0.3, -0.25) is 14.6 Å². The number of anilines is 8. The van der Waals surface area contributed by atoms with Gasteiger partial charge in [0, 0.05) is 55.7 Å². The minimum absolute atomic E-state index is 0.0363. The van der Waals surface area contributed by atoms with Gasteiger partial charge in [0.1, 0.15) is 29.2 Å². The lowest BCUT2D eigenvalue weighted by Gasteiger charge is -2.37. The molecule has 3 N–H and O–H groups in total. The number of benzene rings is 2. The summed E-state index contributed by atoms with van der Waals surface area (Å²) < 4.78 is 7.69. The lowest BCUT2D eigenvalue weighted by atomic mass is 9.74. The van der Waals surface area contributed by atoms with Gasteiger partial charge in [-0.25, -0.2) is 15.0 Å². The fraction of sp³-hybridized carbons (Fsp3) is 0.362. The van der Waals surface area contributed by atoms with E-state index < -0.39 is 6.04 Å². The van der Waals surface area contributed by atoms with Crippen molar-refractivity contribution >= 4 is 58.1 Å². The second-order valence-corrected chi connectivity index (χ2v) is 17.4. The largest absolute Gasteiger partial charge is 0.494 e. The second kappa shape index (κ2) is 15.4. The first-order valence-corrected chi connectivity index (χ1v) is 21.6. The smallest absolute Gasteiger partial charge is 0.249 e. The molecule has 4 aliphatic rings. The van der Waals surface area contributed by atoms with Crippen LogP contribution in [-0.4, -0.2) is 85.6 Å². The number of rotatable bonds is 10. The molecule has 2 aromatic carbocycles. The number of pyridine rings is 1. The molecular weight excluding hydrogens is 795 g/mol. The topological polar surface area (TPSA) is 171 Å². The fourth-order valence-corrected chi connectivity index (χ4v) is 9.94. The van der Waals surface area contributed by atoms with Crippen LogP contribution in [0.15, 0.2) is 73.3 Å². The zero-order valence-corrected chi connectivity index (χ0v) is 36.6. The van der Waals surface area contributed by atoms with Crippen LogP contribution >= 0.6 is 0 Å². The highest BCUT2D eigenvalue weighted by Gasteiger charge is 2.56. The van der Waals surface area contributed by atoms with Crippen molar-refractivity contribution in [1.29, 1.82) is 0 Å². The third-order valence-electron chi connectivity index (χ3n) is 13.3. The van der Waals surface area contributed by atoms with Crippen molar-refractivity contribution in [3.8, 4) is 22.6 Å². The average molecular weight is 846 g/mol. The molecule has 0 radical (unpaired) electrons. The van der Waals surface area contributed by atoms with Crippen molar-refractivity contribution in [3.63, 3.8) is 0 Å². The van der Waals surface area contributed by atoms with Crippen molar-refractivity contribution in [2.24, 2.45) is 11.3 Å². The number of nitrogens with zero attached hydrogens (tertiary/aromatic N) is 10. The molecule has 2 saturated heterocycles. The van der Waals surface area contributed by atoms with Gasteiger partial charge in [-0.2, -0.15) is 9.97 Å². The van der Waals surface area contributed by atoms with Crippen LogP contribution in [-0.2, 0) is 22.4 Å². The molecule has 10 rings (SSSR count). The van der Waals surface area contributed by atoms with E-state index in [1.807, 2.05) is 81.2 Å². The van der Waals surface area contributed by atoms with Crippen molar-refractivity contribution < 1.29 is 14.3 Å². The lowest BCUT2D eigenvalue weighted by Crippen LogP contribution is -2.50. The van der Waals surface area contributed by atoms with E-state index >= 15 is 0 Å². The number of hydrogen-bond acceptors (Lipinski definition) is 13. The van der Waals surface area contributed by atoms with E-state index in [-0.39, 0.29) is 29.2 Å². The maximum atomic E-state index is 14.2. The minimum atomic E-state index is -0.421. The van der Waals surface area contributed by atoms with Gasteiger partial charge in [0.15, 0.2) is 11.6 Å². The Morgan fingerprint density at radius 1 is 0.825 bits per heavy atom. The van der Waals surface area contributed by atoms with Crippen LogP contribution in [0.3, 0.4) is 0 Å². The average Bonchev–Trinajstić information content (AvgIpc) is 4.04. The highest BCUT2D eigenvalue weighted by atomic mass is 16.5. The number of carbonyl (C=O) groups is 2. The van der Waals surface area contributed by atoms with Gasteiger partial charge in [0.25, 0.3) is 0 Å². The number of likely N-dealkylation sites (N-methyl/N-ethyl adjacent to an activating group) is 1. The van der Waals surface area contributed by atoms with Crippen molar-refractivity contribution in [2.45, 2.75) is 72.4 Å². The molecule has 4 atom stereocenters. The molecule has 4 unspecified atom stereocenters. The van der Waals surface area contributed by atoms with Crippen LogP contribution in [0, 0.1) is 25.2 Å². The van der Waals surface area contributed by atoms with Crippen LogP contribution in [0.4, 0.5) is 46.3 Å². The Morgan fingerprint density at radius 2 is 1.56 bits per heavy atom. The summed E-state index contributed by atoms with van der Waals surface area (Å²) >= 11 is 0. The number of carbonyl (C=O) groups excluding carboxylic acids is 2. The highest BCUT2D eigenvalue weighted by molar-refractivity contribution is 6.06. The Labute approximate surface area is 366 Å². The molecule has 4 aromatic heterocycles. The number of hydrogen-bond donors (Lipinski definition) is 3. The summed E-state index contributed by atoms with van der Waals surface area (Å²) in [6.07, 6.45) is 8.02. The Balaban J connectivity index is 0.918. The maximum absolute atomic E-state index is 14.2. The van der Waals surface area contributed by atoms with Gasteiger partial charge in [-0.05, 0) is 98.4 Å². The number of aryl methyl sites for hydroxylation is 4. The molecule has 2 fully saturated rings. The van der Waals surface area contributed by atoms with Gasteiger partial charge < -0.3 is 40.0 Å². The standard InChI is InChI=1S/C47H51N13O3/c1-8-33-39-41(55-46(52-33)51-32-14-15-35(38(20-32)63-7)58-22-27(4)49-25-58)60-24-47(5,21-37(60)43(61)54-39)30-19-36-44(62)57(6)40-34(9-2)53-45(56-42(40)59(36)23-30)50-31-12-10-28(11-13-31)29-16-17-48-26(3)18-29/h10-18,20,22,25,30,36-37H,8-9,19,21,23-24H2,1-7H3,(H,54,61)(H,50,53,56)(H,51,52,55). The summed E-state index contributed by atoms with van der Waals surface area (Å²) in [7, 11) is 3.48. The Bertz CT molecular complexity index is 2790. The molecule has 8 heterocycles. The summed E-state index contributed by atoms with van der Waals surface area (Å²) in [5, 5.41) is 10.0. The molecular formula is C47H51N13O3. The molecule has 16 nitrogen and oxygen atoms in total. The number of imidazole rings is 1. The number of fused-ring (bicyclic) bond motifs is 6. The fourth-order valence-electron chi connectivity index (χ4n) is 9.94. The molecule has 0 spiro atoms. The van der Waals surface area contributed by atoms with E-state index in [0.717, 1.165) is 62.5 Å². The maximum Gasteiger partial charge on any atom is 0.249 e. The molecule has 16 heteroatoms. The minimum Gasteiger partial charge on any atom is -0.494 e. The van der Waals surface area contributed by atoms with Crippen LogP contribution in [0.25, 0.3) is 16.8 Å². The van der Waals surface area contributed by atoms with Crippen molar-refractivity contribution in [1.82, 2.24) is 34.5 Å². The predicted octanol–water partition coefficient (Wildman–Crippen LogP) is 7.16. The zero-order chi connectivity index (χ0) is 43.7. The van der Waals surface area contributed by atoms with E-state index in [2.05, 4.69) is 67.8 Å². The first-order valence-electron chi connectivity index (χ1n) is 21.6.